The minimum Gasteiger partial charge on any atom is -0.491 e. The van der Waals surface area contributed by atoms with Crippen molar-refractivity contribution in [2.45, 2.75) is 39.3 Å². The Balaban J connectivity index is 1.75. The van der Waals surface area contributed by atoms with E-state index in [9.17, 15) is 5.11 Å². The molecule has 0 aliphatic heterocycles. The summed E-state index contributed by atoms with van der Waals surface area (Å²) in [5.41, 5.74) is 3.72. The summed E-state index contributed by atoms with van der Waals surface area (Å²) in [6.45, 7) is 7.08. The minimum atomic E-state index is -0.534. The first-order valence-electron chi connectivity index (χ1n) is 8.28. The lowest BCUT2D eigenvalue weighted by Gasteiger charge is -2.18. The molecule has 0 aliphatic rings. The average molecular weight is 313 g/mol. The quantitative estimate of drug-likeness (QED) is 0.781. The monoisotopic (exact) mass is 313 g/mol. The third kappa shape index (κ3) is 5.70. The van der Waals surface area contributed by atoms with Crippen LogP contribution < -0.4 is 10.1 Å². The largest absolute Gasteiger partial charge is 0.491 e. The average Bonchev–Trinajstić information content (AvgIpc) is 2.58. The Bertz CT molecular complexity index is 595. The minimum absolute atomic E-state index is 0.203. The van der Waals surface area contributed by atoms with Crippen LogP contribution in [0.1, 0.15) is 36.6 Å². The highest BCUT2D eigenvalue weighted by atomic mass is 16.5. The molecule has 0 saturated heterocycles. The Labute approximate surface area is 139 Å². The summed E-state index contributed by atoms with van der Waals surface area (Å²) in [5.74, 6) is 0.798. The zero-order chi connectivity index (χ0) is 16.7. The molecule has 2 unspecified atom stereocenters. The smallest absolute Gasteiger partial charge is 0.119 e. The van der Waals surface area contributed by atoms with E-state index in [1.807, 2.05) is 31.2 Å². The van der Waals surface area contributed by atoms with Crippen molar-refractivity contribution in [2.24, 2.45) is 0 Å². The van der Waals surface area contributed by atoms with E-state index in [0.29, 0.717) is 6.54 Å². The zero-order valence-corrected chi connectivity index (χ0v) is 14.3. The highest BCUT2D eigenvalue weighted by Gasteiger charge is 2.09. The highest BCUT2D eigenvalue weighted by molar-refractivity contribution is 5.27. The van der Waals surface area contributed by atoms with Gasteiger partial charge in [0.15, 0.2) is 0 Å². The fourth-order valence-corrected chi connectivity index (χ4v) is 2.43. The van der Waals surface area contributed by atoms with Crippen molar-refractivity contribution in [3.8, 4) is 5.75 Å². The van der Waals surface area contributed by atoms with Gasteiger partial charge in [0.2, 0.25) is 0 Å². The van der Waals surface area contributed by atoms with Crippen molar-refractivity contribution in [1.29, 1.82) is 0 Å². The van der Waals surface area contributed by atoms with Gasteiger partial charge >= 0.3 is 0 Å². The Morgan fingerprint density at radius 1 is 1.13 bits per heavy atom. The molecule has 23 heavy (non-hydrogen) atoms. The molecule has 2 atom stereocenters. The molecule has 0 heterocycles. The Hall–Kier alpha value is -1.84. The molecule has 0 saturated carbocycles. The molecule has 0 spiro atoms. The van der Waals surface area contributed by atoms with Crippen LogP contribution in [0.4, 0.5) is 0 Å². The molecule has 0 amide bonds. The summed E-state index contributed by atoms with van der Waals surface area (Å²) in [6, 6.07) is 16.7. The molecule has 124 valence electrons. The van der Waals surface area contributed by atoms with E-state index in [-0.39, 0.29) is 12.6 Å². The topological polar surface area (TPSA) is 41.5 Å². The van der Waals surface area contributed by atoms with Gasteiger partial charge in [-0.25, -0.2) is 0 Å². The number of aryl methyl sites for hydroxylation is 2. The molecule has 0 fully saturated rings. The molecule has 2 rings (SSSR count). The van der Waals surface area contributed by atoms with E-state index in [1.54, 1.807) is 0 Å². The van der Waals surface area contributed by atoms with Crippen molar-refractivity contribution < 1.29 is 9.84 Å². The number of hydrogen-bond acceptors (Lipinski definition) is 3. The maximum atomic E-state index is 10.1. The molecule has 0 aliphatic carbocycles. The van der Waals surface area contributed by atoms with Gasteiger partial charge in [-0.15, -0.1) is 0 Å². The normalized spacial score (nSPS) is 13.6. The lowest BCUT2D eigenvalue weighted by Crippen LogP contribution is -2.33. The number of aliphatic hydroxyl groups is 1. The van der Waals surface area contributed by atoms with Crippen molar-refractivity contribution in [1.82, 2.24) is 5.32 Å². The number of rotatable bonds is 8. The summed E-state index contributed by atoms with van der Waals surface area (Å²) >= 11 is 0. The zero-order valence-electron chi connectivity index (χ0n) is 14.3. The van der Waals surface area contributed by atoms with Crippen LogP contribution in [0.3, 0.4) is 0 Å². The molecule has 3 nitrogen and oxygen atoms in total. The van der Waals surface area contributed by atoms with E-state index in [4.69, 9.17) is 4.74 Å². The second kappa shape index (κ2) is 8.70. The van der Waals surface area contributed by atoms with Crippen LogP contribution in [0.2, 0.25) is 0 Å². The Morgan fingerprint density at radius 2 is 1.87 bits per heavy atom. The van der Waals surface area contributed by atoms with E-state index < -0.39 is 6.10 Å². The number of hydrogen-bond donors (Lipinski definition) is 2. The van der Waals surface area contributed by atoms with Gasteiger partial charge in [-0.1, -0.05) is 43.3 Å². The second-order valence-electron chi connectivity index (χ2n) is 6.01. The SMILES string of the molecule is CCc1ccc(C(C)NCC(O)COc2cccc(C)c2)cc1. The predicted molar refractivity (Wildman–Crippen MR) is 94.9 cm³/mol. The standard InChI is InChI=1S/C20H27NO2/c1-4-17-8-10-18(11-9-17)16(3)21-13-19(22)14-23-20-7-5-6-15(2)12-20/h5-12,16,19,21-22H,4,13-14H2,1-3H3. The van der Waals surface area contributed by atoms with Gasteiger partial charge in [-0.3, -0.25) is 0 Å². The van der Waals surface area contributed by atoms with Crippen LogP contribution >= 0.6 is 0 Å². The lowest BCUT2D eigenvalue weighted by atomic mass is 10.0. The van der Waals surface area contributed by atoms with Crippen molar-refractivity contribution >= 4 is 0 Å². The van der Waals surface area contributed by atoms with Gasteiger partial charge in [-0.2, -0.15) is 0 Å². The lowest BCUT2D eigenvalue weighted by molar-refractivity contribution is 0.104. The van der Waals surface area contributed by atoms with E-state index in [2.05, 4.69) is 43.4 Å². The molecule has 2 N–H and O–H groups in total. The van der Waals surface area contributed by atoms with Gasteiger partial charge in [0, 0.05) is 12.6 Å². The van der Waals surface area contributed by atoms with E-state index in [1.165, 1.54) is 11.1 Å². The van der Waals surface area contributed by atoms with Gasteiger partial charge in [0.05, 0.1) is 0 Å². The number of ether oxygens (including phenoxy) is 1. The maximum Gasteiger partial charge on any atom is 0.119 e. The van der Waals surface area contributed by atoms with Crippen LogP contribution in [0.25, 0.3) is 0 Å². The van der Waals surface area contributed by atoms with Crippen LogP contribution in [0, 0.1) is 6.92 Å². The predicted octanol–water partition coefficient (Wildman–Crippen LogP) is 3.65. The third-order valence-electron chi connectivity index (χ3n) is 3.98. The molecular formula is C20H27NO2. The summed E-state index contributed by atoms with van der Waals surface area (Å²) in [7, 11) is 0. The first-order chi connectivity index (χ1) is 11.1. The van der Waals surface area contributed by atoms with Gasteiger partial charge in [0.25, 0.3) is 0 Å². The Morgan fingerprint density at radius 3 is 2.52 bits per heavy atom. The first kappa shape index (κ1) is 17.5. The number of aliphatic hydroxyl groups excluding tert-OH is 1. The summed E-state index contributed by atoms with van der Waals surface area (Å²) < 4.78 is 5.63. The second-order valence-corrected chi connectivity index (χ2v) is 6.01. The molecule has 2 aromatic rings. The van der Waals surface area contributed by atoms with E-state index >= 15 is 0 Å². The van der Waals surface area contributed by atoms with Crippen molar-refractivity contribution in [2.75, 3.05) is 13.2 Å². The molecule has 0 aromatic heterocycles. The first-order valence-corrected chi connectivity index (χ1v) is 8.28. The Kier molecular flexibility index (Phi) is 6.63. The highest BCUT2D eigenvalue weighted by Crippen LogP contribution is 2.14. The number of nitrogens with one attached hydrogen (secondary N) is 1. The third-order valence-corrected chi connectivity index (χ3v) is 3.98. The van der Waals surface area contributed by atoms with Gasteiger partial charge in [0.1, 0.15) is 18.5 Å². The molecule has 0 bridgehead atoms. The summed E-state index contributed by atoms with van der Waals surface area (Å²) in [6.07, 6.45) is 0.518. The van der Waals surface area contributed by atoms with Crippen LogP contribution in [-0.4, -0.2) is 24.4 Å². The fraction of sp³-hybridized carbons (Fsp3) is 0.400. The van der Waals surface area contributed by atoms with E-state index in [0.717, 1.165) is 17.7 Å². The summed E-state index contributed by atoms with van der Waals surface area (Å²) in [4.78, 5) is 0. The molecule has 0 radical (unpaired) electrons. The van der Waals surface area contributed by atoms with Crippen LogP contribution in [0.15, 0.2) is 48.5 Å². The van der Waals surface area contributed by atoms with Crippen LogP contribution in [0.5, 0.6) is 5.75 Å². The van der Waals surface area contributed by atoms with Gasteiger partial charge in [-0.05, 0) is 49.1 Å². The van der Waals surface area contributed by atoms with Gasteiger partial charge < -0.3 is 15.2 Å². The molecule has 2 aromatic carbocycles. The molecule has 3 heteroatoms. The number of benzene rings is 2. The summed E-state index contributed by atoms with van der Waals surface area (Å²) in [5, 5.41) is 13.4. The van der Waals surface area contributed by atoms with Crippen molar-refractivity contribution in [3.05, 3.63) is 65.2 Å². The van der Waals surface area contributed by atoms with Crippen LogP contribution in [-0.2, 0) is 6.42 Å². The fourth-order valence-electron chi connectivity index (χ4n) is 2.43. The van der Waals surface area contributed by atoms with Crippen molar-refractivity contribution in [3.63, 3.8) is 0 Å². The maximum absolute atomic E-state index is 10.1. The molecular weight excluding hydrogens is 286 g/mol.